The van der Waals surface area contributed by atoms with Gasteiger partial charge in [-0.25, -0.2) is 0 Å². The Hall–Kier alpha value is -15.0. The molecule has 0 spiro atoms. The van der Waals surface area contributed by atoms with Crippen LogP contribution in [0.15, 0.2) is 471 Å². The third-order valence-electron chi connectivity index (χ3n) is 23.4. The Morgan fingerprint density at radius 1 is 0.244 bits per heavy atom. The summed E-state index contributed by atoms with van der Waals surface area (Å²) >= 11 is 1.70. The van der Waals surface area contributed by atoms with Crippen LogP contribution in [0.25, 0.3) is 150 Å². The van der Waals surface area contributed by atoms with E-state index >= 15 is 0 Å². The summed E-state index contributed by atoms with van der Waals surface area (Å²) in [5.74, 6) is 0. The Morgan fingerprint density at radius 3 is 1.13 bits per heavy atom. The Kier molecular flexibility index (Phi) is 16.4. The van der Waals surface area contributed by atoms with E-state index in [0.717, 1.165) is 160 Å². The van der Waals surface area contributed by atoms with E-state index in [1.165, 1.54) is 0 Å². The third-order valence-corrected chi connectivity index (χ3v) is 24.6. The maximum Gasteiger partial charge on any atom is 0.249 e. The molecule has 0 radical (unpaired) electrons. The lowest BCUT2D eigenvalue weighted by atomic mass is 9.34. The van der Waals surface area contributed by atoms with E-state index in [1.807, 2.05) is 65.2 Å². The van der Waals surface area contributed by atoms with Gasteiger partial charge < -0.3 is 14.4 Å². The fraction of sp³-hybridized carbons (Fsp3) is 0. The van der Waals surface area contributed by atoms with Crippen molar-refractivity contribution < 1.29 is 8.22 Å². The molecule has 0 fully saturated rings. The average molecular weight is 1540 g/mol. The number of nitrogens with zero attached hydrogens (tertiary/aromatic N) is 3. The first-order valence-corrected chi connectivity index (χ1v) is 41.3. The van der Waals surface area contributed by atoms with Crippen molar-refractivity contribution in [3.8, 4) is 128 Å². The van der Waals surface area contributed by atoms with Crippen molar-refractivity contribution in [2.45, 2.75) is 9.79 Å². The highest BCUT2D eigenvalue weighted by Crippen LogP contribution is 2.52. The molecule has 20 aromatic rings. The molecule has 0 saturated heterocycles. The average Bonchev–Trinajstić information content (AvgIpc) is 1.65. The molecule has 0 bridgehead atoms. The molecule has 22 rings (SSSR count). The molecule has 2 aliphatic heterocycles. The molecular formula is C114H76BN3S. The number of aromatic nitrogens is 1. The van der Waals surface area contributed by atoms with Crippen molar-refractivity contribution in [1.82, 2.24) is 4.57 Å². The van der Waals surface area contributed by atoms with Gasteiger partial charge in [0.2, 0.25) is 6.71 Å². The summed E-state index contributed by atoms with van der Waals surface area (Å²) in [6.45, 7) is -0.491. The number of para-hydroxylation sites is 1. The normalized spacial score (nSPS) is 12.7. The first-order chi connectivity index (χ1) is 61.5. The van der Waals surface area contributed by atoms with Gasteiger partial charge in [-0.05, 0) is 249 Å². The van der Waals surface area contributed by atoms with Crippen LogP contribution in [0.5, 0.6) is 0 Å². The summed E-state index contributed by atoms with van der Waals surface area (Å²) in [4.78, 5) is 6.78. The van der Waals surface area contributed by atoms with Gasteiger partial charge >= 0.3 is 0 Å². The van der Waals surface area contributed by atoms with Crippen LogP contribution in [0.4, 0.5) is 34.1 Å². The smallest absolute Gasteiger partial charge is 0.249 e. The minimum atomic E-state index is -0.491. The van der Waals surface area contributed by atoms with Crippen LogP contribution in [0.2, 0.25) is 0 Å². The van der Waals surface area contributed by atoms with Gasteiger partial charge in [0.25, 0.3) is 0 Å². The van der Waals surface area contributed by atoms with Crippen molar-refractivity contribution in [3.05, 3.63) is 461 Å². The molecule has 1 aromatic heterocycles. The number of anilines is 6. The molecule has 19 aromatic carbocycles. The summed E-state index contributed by atoms with van der Waals surface area (Å²) in [7, 11) is 0. The van der Waals surface area contributed by atoms with E-state index in [1.54, 1.807) is 11.8 Å². The van der Waals surface area contributed by atoms with Crippen LogP contribution in [-0.4, -0.2) is 11.3 Å². The Morgan fingerprint density at radius 2 is 0.630 bits per heavy atom. The van der Waals surface area contributed by atoms with Gasteiger partial charge in [0.15, 0.2) is 0 Å². The van der Waals surface area contributed by atoms with E-state index in [9.17, 15) is 8.22 Å². The van der Waals surface area contributed by atoms with E-state index in [-0.39, 0.29) is 69.2 Å². The number of fused-ring (bicyclic) bond motifs is 7. The van der Waals surface area contributed by atoms with E-state index in [0.29, 0.717) is 16.8 Å². The molecule has 0 aliphatic carbocycles. The standard InChI is InChI=1S/C114H76BN3S/c1-10-31-77(32-11-1)85-53-57-97(58-54-85)116(98-50-30-49-87(69-98)78-33-12-2-13-34-78)99-59-60-105-110(74-99)118(107-52-29-28-51-101(107)96-67-92(83-43-22-7-23-44-83)64-93(68-96)84-45-24-8-25-46-84)111-75-100(117-108-61-55-88(79-35-14-3-15-36-79)70-103(108)104-71-89(56-62-109(104)117)80-37-16-4-17-38-80)76-112-113(111)115(105)106-73-95(72-102(114(106)119-112)86-47-26-9-27-48-86)94-65-90(81-39-18-5-19-40-81)63-91(66-94)82-41-20-6-21-42-82/h1-76H/i55D,56D,61D,62D,70D,71D. The van der Waals surface area contributed by atoms with Crippen molar-refractivity contribution in [1.29, 1.82) is 0 Å². The lowest BCUT2D eigenvalue weighted by Crippen LogP contribution is -2.60. The SMILES string of the molecule is [2H]c1c(-c2ccccc2)c([2H])c2c3c([2H])c(-c4ccccc4)c([2H])c([2H])c3n(-c3cc4c5c(c3)N(c3ccccc3-c3cc(-c6ccccc6)cc(-c6ccccc6)c3)c3cc(N(c6ccc(-c7ccccc7)cc6)c6cccc(-c7ccccc7)c6)ccc3B5c3cc(-c5cc(-c6ccccc6)cc(-c6ccccc6)c5)cc(-c5ccccc5)c3S4)c2c1[2H]. The highest BCUT2D eigenvalue weighted by Gasteiger charge is 2.44. The molecule has 0 amide bonds. The maximum atomic E-state index is 10.7. The highest BCUT2D eigenvalue weighted by atomic mass is 32.2. The second-order valence-corrected chi connectivity index (χ2v) is 31.6. The summed E-state index contributed by atoms with van der Waals surface area (Å²) in [5.41, 5.74) is 30.1. The van der Waals surface area contributed by atoms with Gasteiger partial charge in [-0.15, -0.1) is 0 Å². The van der Waals surface area contributed by atoms with E-state index in [2.05, 4.69) is 374 Å². The van der Waals surface area contributed by atoms with Crippen molar-refractivity contribution in [3.63, 3.8) is 0 Å². The first kappa shape index (κ1) is 64.3. The second kappa shape index (κ2) is 30.3. The zero-order valence-electron chi connectivity index (χ0n) is 70.7. The fourth-order valence-electron chi connectivity index (χ4n) is 17.7. The molecule has 5 heteroatoms. The summed E-state index contributed by atoms with van der Waals surface area (Å²) in [6, 6.07) is 149. The number of hydrogen-bond acceptors (Lipinski definition) is 3. The Labute approximate surface area is 707 Å². The van der Waals surface area contributed by atoms with Gasteiger partial charge in [0, 0.05) is 60.3 Å². The molecule has 0 saturated carbocycles. The Bertz CT molecular complexity index is 7370. The lowest BCUT2D eigenvalue weighted by molar-refractivity contribution is 1.15. The summed E-state index contributed by atoms with van der Waals surface area (Å²) in [6.07, 6.45) is 0. The van der Waals surface area contributed by atoms with Crippen LogP contribution in [0, 0.1) is 0 Å². The lowest BCUT2D eigenvalue weighted by Gasteiger charge is -2.42. The molecule has 3 heterocycles. The molecule has 119 heavy (non-hydrogen) atoms. The molecule has 3 nitrogen and oxygen atoms in total. The minimum absolute atomic E-state index is 0.0464. The van der Waals surface area contributed by atoms with E-state index < -0.39 is 6.71 Å². The second-order valence-electron chi connectivity index (χ2n) is 30.6. The zero-order chi connectivity index (χ0) is 83.9. The molecule has 0 atom stereocenters. The zero-order valence-corrected chi connectivity index (χ0v) is 65.6. The molecule has 2 aliphatic rings. The van der Waals surface area contributed by atoms with Crippen LogP contribution >= 0.6 is 11.8 Å². The summed E-state index contributed by atoms with van der Waals surface area (Å²) in [5, 5.41) is 0.503. The largest absolute Gasteiger partial charge is 0.311 e. The summed E-state index contributed by atoms with van der Waals surface area (Å²) < 4.78 is 65.0. The van der Waals surface area contributed by atoms with Crippen molar-refractivity contribution in [2.24, 2.45) is 0 Å². The van der Waals surface area contributed by atoms with Gasteiger partial charge in [0.05, 0.1) is 24.9 Å². The highest BCUT2D eigenvalue weighted by molar-refractivity contribution is 8.00. The molecular weight excluding hydrogens is 1450 g/mol. The Balaban J connectivity index is 0.884. The van der Waals surface area contributed by atoms with Gasteiger partial charge in [0.1, 0.15) is 0 Å². The van der Waals surface area contributed by atoms with Crippen molar-refractivity contribution in [2.75, 3.05) is 9.80 Å². The predicted molar refractivity (Wildman–Crippen MR) is 505 cm³/mol. The first-order valence-electron chi connectivity index (χ1n) is 43.5. The fourth-order valence-corrected chi connectivity index (χ4v) is 19.0. The van der Waals surface area contributed by atoms with Crippen LogP contribution in [0.1, 0.15) is 8.22 Å². The van der Waals surface area contributed by atoms with Crippen molar-refractivity contribution >= 4 is 90.8 Å². The molecule has 0 N–H and O–H groups in total. The maximum absolute atomic E-state index is 10.7. The number of rotatable bonds is 16. The van der Waals surface area contributed by atoms with Gasteiger partial charge in [-0.3, -0.25) is 0 Å². The molecule has 556 valence electrons. The molecule has 0 unspecified atom stereocenters. The quantitative estimate of drug-likeness (QED) is 0.0894. The predicted octanol–water partition coefficient (Wildman–Crippen LogP) is 29.4. The topological polar surface area (TPSA) is 11.4 Å². The van der Waals surface area contributed by atoms with Crippen LogP contribution in [-0.2, 0) is 0 Å². The number of benzene rings is 19. The monoisotopic (exact) mass is 1540 g/mol. The van der Waals surface area contributed by atoms with Crippen LogP contribution in [0.3, 0.4) is 0 Å². The van der Waals surface area contributed by atoms with Crippen LogP contribution < -0.4 is 26.2 Å². The number of hydrogen-bond donors (Lipinski definition) is 0. The van der Waals surface area contributed by atoms with E-state index in [4.69, 9.17) is 0 Å². The van der Waals surface area contributed by atoms with Gasteiger partial charge in [-0.1, -0.05) is 357 Å². The van der Waals surface area contributed by atoms with Gasteiger partial charge in [-0.2, -0.15) is 0 Å². The third kappa shape index (κ3) is 13.1. The minimum Gasteiger partial charge on any atom is -0.311 e.